The maximum Gasteiger partial charge on any atom is 0.269 e. The van der Waals surface area contributed by atoms with Gasteiger partial charge >= 0.3 is 0 Å². The van der Waals surface area contributed by atoms with Gasteiger partial charge < -0.3 is 0 Å². The number of nitrogens with zero attached hydrogens (tertiary/aromatic N) is 1. The summed E-state index contributed by atoms with van der Waals surface area (Å²) in [7, 11) is 0. The number of hydrogen-bond acceptors (Lipinski definition) is 3. The second-order valence-electron chi connectivity index (χ2n) is 2.39. The fourth-order valence-electron chi connectivity index (χ4n) is 0.936. The van der Waals surface area contributed by atoms with Gasteiger partial charge in [0.25, 0.3) is 5.69 Å². The second-order valence-corrected chi connectivity index (χ2v) is 2.95. The van der Waals surface area contributed by atoms with E-state index in [0.29, 0.717) is 22.7 Å². The number of aldehydes is 1. The fraction of sp³-hybridized carbons (Fsp3) is 0.125. The molecule has 0 aliphatic rings. The van der Waals surface area contributed by atoms with Crippen molar-refractivity contribution in [2.45, 2.75) is 5.33 Å². The van der Waals surface area contributed by atoms with Crippen LogP contribution in [0, 0.1) is 10.1 Å². The molecule has 0 aliphatic carbocycles. The van der Waals surface area contributed by atoms with Crippen molar-refractivity contribution in [3.63, 3.8) is 0 Å². The monoisotopic (exact) mass is 243 g/mol. The molecule has 0 amide bonds. The summed E-state index contributed by atoms with van der Waals surface area (Å²) < 4.78 is 0. The Balaban J connectivity index is 3.20. The van der Waals surface area contributed by atoms with E-state index in [2.05, 4.69) is 15.9 Å². The van der Waals surface area contributed by atoms with Crippen molar-refractivity contribution < 1.29 is 9.72 Å². The first-order chi connectivity index (χ1) is 6.19. The van der Waals surface area contributed by atoms with Crippen LogP contribution in [0.15, 0.2) is 18.2 Å². The van der Waals surface area contributed by atoms with Crippen molar-refractivity contribution in [2.24, 2.45) is 0 Å². The number of halogens is 1. The molecule has 0 spiro atoms. The Kier molecular flexibility index (Phi) is 3.13. The highest BCUT2D eigenvalue weighted by Gasteiger charge is 2.08. The zero-order chi connectivity index (χ0) is 9.84. The Morgan fingerprint density at radius 1 is 1.54 bits per heavy atom. The molecule has 0 saturated heterocycles. The lowest BCUT2D eigenvalue weighted by Gasteiger charge is -1.99. The average molecular weight is 244 g/mol. The van der Waals surface area contributed by atoms with E-state index in [1.54, 1.807) is 0 Å². The summed E-state index contributed by atoms with van der Waals surface area (Å²) >= 11 is 3.15. The predicted molar refractivity (Wildman–Crippen MR) is 51.1 cm³/mol. The highest BCUT2D eigenvalue weighted by atomic mass is 79.9. The molecule has 0 saturated carbocycles. The quantitative estimate of drug-likeness (QED) is 0.354. The van der Waals surface area contributed by atoms with Gasteiger partial charge in [-0.1, -0.05) is 15.9 Å². The summed E-state index contributed by atoms with van der Waals surface area (Å²) in [5.74, 6) is 0. The maximum absolute atomic E-state index is 10.5. The third-order valence-electron chi connectivity index (χ3n) is 1.61. The van der Waals surface area contributed by atoms with E-state index in [9.17, 15) is 14.9 Å². The first-order valence-corrected chi connectivity index (χ1v) is 4.59. The molecule has 0 aromatic heterocycles. The van der Waals surface area contributed by atoms with Crippen LogP contribution in [-0.4, -0.2) is 11.2 Å². The zero-order valence-corrected chi connectivity index (χ0v) is 8.15. The fourth-order valence-corrected chi connectivity index (χ4v) is 1.42. The number of benzene rings is 1. The molecule has 0 atom stereocenters. The summed E-state index contributed by atoms with van der Waals surface area (Å²) in [5.41, 5.74) is 1.10. The van der Waals surface area contributed by atoms with E-state index in [1.165, 1.54) is 18.2 Å². The SMILES string of the molecule is O=Cc1ccc([N+](=O)[O-])cc1CBr. The molecule has 13 heavy (non-hydrogen) atoms. The van der Waals surface area contributed by atoms with Crippen molar-refractivity contribution in [2.75, 3.05) is 0 Å². The number of non-ortho nitro benzene ring substituents is 1. The molecule has 1 aromatic carbocycles. The lowest BCUT2D eigenvalue weighted by atomic mass is 10.1. The summed E-state index contributed by atoms with van der Waals surface area (Å²) in [5, 5.41) is 10.8. The van der Waals surface area contributed by atoms with Gasteiger partial charge in [-0.15, -0.1) is 0 Å². The number of nitro groups is 1. The molecule has 4 nitrogen and oxygen atoms in total. The summed E-state index contributed by atoms with van der Waals surface area (Å²) in [6.45, 7) is 0. The van der Waals surface area contributed by atoms with Crippen LogP contribution in [0.25, 0.3) is 0 Å². The zero-order valence-electron chi connectivity index (χ0n) is 6.57. The van der Waals surface area contributed by atoms with Gasteiger partial charge in [-0.05, 0) is 11.6 Å². The van der Waals surface area contributed by atoms with Crippen molar-refractivity contribution in [3.8, 4) is 0 Å². The van der Waals surface area contributed by atoms with Gasteiger partial charge in [0.05, 0.1) is 4.92 Å². The molecule has 0 fully saturated rings. The molecule has 0 radical (unpaired) electrons. The Bertz CT molecular complexity index is 351. The van der Waals surface area contributed by atoms with Crippen LogP contribution in [0.4, 0.5) is 5.69 Å². The molecular weight excluding hydrogens is 238 g/mol. The van der Waals surface area contributed by atoms with Crippen LogP contribution in [0.2, 0.25) is 0 Å². The van der Waals surface area contributed by atoms with Crippen LogP contribution in [0.5, 0.6) is 0 Å². The van der Waals surface area contributed by atoms with Crippen molar-refractivity contribution in [3.05, 3.63) is 39.4 Å². The van der Waals surface area contributed by atoms with Crippen LogP contribution < -0.4 is 0 Å². The van der Waals surface area contributed by atoms with Gasteiger partial charge in [-0.3, -0.25) is 14.9 Å². The number of rotatable bonds is 3. The molecule has 0 bridgehead atoms. The highest BCUT2D eigenvalue weighted by molar-refractivity contribution is 9.08. The van der Waals surface area contributed by atoms with Crippen molar-refractivity contribution in [1.29, 1.82) is 0 Å². The average Bonchev–Trinajstić information content (AvgIpc) is 2.16. The molecule has 0 unspecified atom stereocenters. The molecule has 1 aromatic rings. The molecule has 5 heteroatoms. The van der Waals surface area contributed by atoms with Gasteiger partial charge in [0.1, 0.15) is 6.29 Å². The van der Waals surface area contributed by atoms with E-state index in [0.717, 1.165) is 0 Å². The lowest BCUT2D eigenvalue weighted by Crippen LogP contribution is -1.93. The highest BCUT2D eigenvalue weighted by Crippen LogP contribution is 2.18. The number of alkyl halides is 1. The molecule has 0 heterocycles. The van der Waals surface area contributed by atoms with E-state index < -0.39 is 4.92 Å². The minimum atomic E-state index is -0.485. The smallest absolute Gasteiger partial charge is 0.269 e. The largest absolute Gasteiger partial charge is 0.298 e. The number of nitro benzene ring substituents is 1. The first-order valence-electron chi connectivity index (χ1n) is 3.47. The van der Waals surface area contributed by atoms with Gasteiger partial charge in [0.15, 0.2) is 0 Å². The molecule has 0 aliphatic heterocycles. The summed E-state index contributed by atoms with van der Waals surface area (Å²) in [6, 6.07) is 4.15. The van der Waals surface area contributed by atoms with Crippen molar-refractivity contribution in [1.82, 2.24) is 0 Å². The lowest BCUT2D eigenvalue weighted by molar-refractivity contribution is -0.384. The van der Waals surface area contributed by atoms with Crippen LogP contribution in [0.1, 0.15) is 15.9 Å². The third kappa shape index (κ3) is 2.12. The normalized spacial score (nSPS) is 9.62. The minimum Gasteiger partial charge on any atom is -0.298 e. The van der Waals surface area contributed by atoms with Gasteiger partial charge in [-0.25, -0.2) is 0 Å². The second kappa shape index (κ2) is 4.13. The number of hydrogen-bond donors (Lipinski definition) is 0. The number of carbonyl (C=O) groups is 1. The van der Waals surface area contributed by atoms with E-state index in [4.69, 9.17) is 0 Å². The van der Waals surface area contributed by atoms with E-state index >= 15 is 0 Å². The standard InChI is InChI=1S/C8H6BrNO3/c9-4-7-3-8(10(12)13)2-1-6(7)5-11/h1-3,5H,4H2. The predicted octanol–water partition coefficient (Wildman–Crippen LogP) is 2.30. The molecular formula is C8H6BrNO3. The Morgan fingerprint density at radius 3 is 2.69 bits per heavy atom. The van der Waals surface area contributed by atoms with Gasteiger partial charge in [-0.2, -0.15) is 0 Å². The first kappa shape index (κ1) is 9.85. The van der Waals surface area contributed by atoms with Crippen LogP contribution in [-0.2, 0) is 5.33 Å². The Morgan fingerprint density at radius 2 is 2.23 bits per heavy atom. The van der Waals surface area contributed by atoms with Crippen molar-refractivity contribution >= 4 is 27.9 Å². The number of carbonyl (C=O) groups excluding carboxylic acids is 1. The van der Waals surface area contributed by atoms with Gasteiger partial charge in [0.2, 0.25) is 0 Å². The minimum absolute atomic E-state index is 0.0000463. The summed E-state index contributed by atoms with van der Waals surface area (Å²) in [4.78, 5) is 20.4. The van der Waals surface area contributed by atoms with E-state index in [1.807, 2.05) is 0 Å². The molecule has 68 valence electrons. The molecule has 1 rings (SSSR count). The Hall–Kier alpha value is -1.23. The van der Waals surface area contributed by atoms with E-state index in [-0.39, 0.29) is 5.69 Å². The summed E-state index contributed by atoms with van der Waals surface area (Å²) in [6.07, 6.45) is 0.681. The topological polar surface area (TPSA) is 60.2 Å². The van der Waals surface area contributed by atoms with Crippen LogP contribution >= 0.6 is 15.9 Å². The maximum atomic E-state index is 10.5. The third-order valence-corrected chi connectivity index (χ3v) is 2.21. The van der Waals surface area contributed by atoms with Gasteiger partial charge in [0, 0.05) is 23.0 Å². The molecule has 0 N–H and O–H groups in total. The van der Waals surface area contributed by atoms with Crippen LogP contribution in [0.3, 0.4) is 0 Å². The Labute approximate surface area is 82.8 Å².